The Morgan fingerprint density at radius 3 is 2.52 bits per heavy atom. The Hall–Kier alpha value is -3.12. The Balaban J connectivity index is 1.17. The van der Waals surface area contributed by atoms with E-state index in [1.54, 1.807) is 7.11 Å². The first-order valence-corrected chi connectivity index (χ1v) is 12.0. The molecule has 1 aromatic heterocycles. The standard InChI is InChI=1S/C27H32N4O2/c1-33-25-8-5-21(6-9-25)22-10-14-31(15-11-22)27(32)29-24-7-4-23-16-20(18-28-26(23)17-24)19-30-12-2-3-13-30/h4-9,16-18,22H,2-3,10-15,19H2,1H3,(H,29,32). The minimum absolute atomic E-state index is 0.0341. The van der Waals surface area contributed by atoms with Crippen molar-refractivity contribution < 1.29 is 9.53 Å². The van der Waals surface area contributed by atoms with Gasteiger partial charge in [-0.05, 0) is 86.1 Å². The molecule has 0 unspecified atom stereocenters. The number of carbonyl (C=O) groups is 1. The highest BCUT2D eigenvalue weighted by molar-refractivity contribution is 5.92. The zero-order chi connectivity index (χ0) is 22.6. The number of nitrogens with one attached hydrogen (secondary N) is 1. The van der Waals surface area contributed by atoms with Gasteiger partial charge in [-0.25, -0.2) is 4.79 Å². The van der Waals surface area contributed by atoms with E-state index in [4.69, 9.17) is 4.74 Å². The zero-order valence-corrected chi connectivity index (χ0v) is 19.3. The smallest absolute Gasteiger partial charge is 0.321 e. The van der Waals surface area contributed by atoms with Crippen LogP contribution in [0.5, 0.6) is 5.75 Å². The van der Waals surface area contributed by atoms with E-state index in [9.17, 15) is 4.79 Å². The van der Waals surface area contributed by atoms with Crippen LogP contribution in [0, 0.1) is 0 Å². The van der Waals surface area contributed by atoms with E-state index in [1.165, 1.54) is 37.1 Å². The van der Waals surface area contributed by atoms with Crippen molar-refractivity contribution >= 4 is 22.6 Å². The Labute approximate surface area is 195 Å². The number of aromatic nitrogens is 1. The predicted octanol–water partition coefficient (Wildman–Crippen LogP) is 5.25. The van der Waals surface area contributed by atoms with Gasteiger partial charge in [-0.2, -0.15) is 0 Å². The number of carbonyl (C=O) groups excluding carboxylic acids is 1. The third-order valence-electron chi connectivity index (χ3n) is 6.97. The van der Waals surface area contributed by atoms with Gasteiger partial charge in [0, 0.05) is 36.9 Å². The number of methoxy groups -OCH3 is 1. The molecule has 0 radical (unpaired) electrons. The third kappa shape index (κ3) is 5.11. The average molecular weight is 445 g/mol. The van der Waals surface area contributed by atoms with E-state index < -0.39 is 0 Å². The molecule has 3 aromatic rings. The number of likely N-dealkylation sites (tertiary alicyclic amines) is 2. The van der Waals surface area contributed by atoms with Gasteiger partial charge in [0.25, 0.3) is 0 Å². The van der Waals surface area contributed by atoms with Gasteiger partial charge in [-0.15, -0.1) is 0 Å². The number of ether oxygens (including phenoxy) is 1. The largest absolute Gasteiger partial charge is 0.497 e. The molecule has 0 bridgehead atoms. The maximum absolute atomic E-state index is 12.9. The van der Waals surface area contributed by atoms with Crippen molar-refractivity contribution in [1.82, 2.24) is 14.8 Å². The second kappa shape index (κ2) is 9.79. The number of pyridine rings is 1. The van der Waals surface area contributed by atoms with Crippen LogP contribution in [0.2, 0.25) is 0 Å². The Bertz CT molecular complexity index is 1100. The van der Waals surface area contributed by atoms with Crippen molar-refractivity contribution in [2.75, 3.05) is 38.6 Å². The van der Waals surface area contributed by atoms with E-state index in [0.29, 0.717) is 5.92 Å². The molecule has 6 heteroatoms. The van der Waals surface area contributed by atoms with Crippen molar-refractivity contribution in [3.63, 3.8) is 0 Å². The van der Waals surface area contributed by atoms with Crippen molar-refractivity contribution in [2.45, 2.75) is 38.1 Å². The van der Waals surface area contributed by atoms with E-state index in [-0.39, 0.29) is 6.03 Å². The lowest BCUT2D eigenvalue weighted by Gasteiger charge is -2.32. The number of benzene rings is 2. The van der Waals surface area contributed by atoms with Gasteiger partial charge >= 0.3 is 6.03 Å². The summed E-state index contributed by atoms with van der Waals surface area (Å²) in [5.74, 6) is 1.36. The number of nitrogens with zero attached hydrogens (tertiary/aromatic N) is 3. The summed E-state index contributed by atoms with van der Waals surface area (Å²) in [7, 11) is 1.69. The summed E-state index contributed by atoms with van der Waals surface area (Å²) in [6.07, 6.45) is 6.50. The Kier molecular flexibility index (Phi) is 6.44. The fourth-order valence-electron chi connectivity index (χ4n) is 5.02. The molecule has 5 rings (SSSR count). The van der Waals surface area contributed by atoms with Crippen LogP contribution in [0.15, 0.2) is 54.7 Å². The van der Waals surface area contributed by atoms with Crippen molar-refractivity contribution in [1.29, 1.82) is 0 Å². The monoisotopic (exact) mass is 444 g/mol. The lowest BCUT2D eigenvalue weighted by Crippen LogP contribution is -2.40. The van der Waals surface area contributed by atoms with Crippen LogP contribution in [0.25, 0.3) is 10.9 Å². The molecular formula is C27H32N4O2. The van der Waals surface area contributed by atoms with Crippen LogP contribution in [0.4, 0.5) is 10.5 Å². The molecular weight excluding hydrogens is 412 g/mol. The molecule has 2 fully saturated rings. The summed E-state index contributed by atoms with van der Waals surface area (Å²) >= 11 is 0. The SMILES string of the molecule is COc1ccc(C2CCN(C(=O)Nc3ccc4cc(CN5CCCC5)cnc4c3)CC2)cc1. The molecule has 33 heavy (non-hydrogen) atoms. The second-order valence-corrected chi connectivity index (χ2v) is 9.20. The van der Waals surface area contributed by atoms with E-state index in [1.807, 2.05) is 35.4 Å². The molecule has 1 N–H and O–H groups in total. The molecule has 2 amide bonds. The van der Waals surface area contributed by atoms with Crippen LogP contribution >= 0.6 is 0 Å². The molecule has 2 saturated heterocycles. The highest BCUT2D eigenvalue weighted by Gasteiger charge is 2.24. The van der Waals surface area contributed by atoms with E-state index in [0.717, 1.165) is 54.8 Å². The van der Waals surface area contributed by atoms with E-state index in [2.05, 4.69) is 39.5 Å². The molecule has 2 aliphatic heterocycles. The van der Waals surface area contributed by atoms with Crippen molar-refractivity contribution in [3.05, 3.63) is 65.9 Å². The van der Waals surface area contributed by atoms with Crippen LogP contribution in [-0.2, 0) is 6.54 Å². The fraction of sp³-hybridized carbons (Fsp3) is 0.407. The number of urea groups is 1. The minimum Gasteiger partial charge on any atom is -0.497 e. The maximum Gasteiger partial charge on any atom is 0.321 e. The number of anilines is 1. The van der Waals surface area contributed by atoms with Crippen LogP contribution in [-0.4, -0.2) is 54.1 Å². The van der Waals surface area contributed by atoms with E-state index >= 15 is 0 Å². The summed E-state index contributed by atoms with van der Waals surface area (Å²) in [5.41, 5.74) is 4.28. The van der Waals surface area contributed by atoms with Crippen molar-refractivity contribution in [3.8, 4) is 5.75 Å². The minimum atomic E-state index is -0.0341. The lowest BCUT2D eigenvalue weighted by atomic mass is 9.89. The Morgan fingerprint density at radius 2 is 1.79 bits per heavy atom. The Morgan fingerprint density at radius 1 is 1.03 bits per heavy atom. The number of rotatable bonds is 5. The average Bonchev–Trinajstić information content (AvgIpc) is 3.37. The molecule has 3 heterocycles. The molecule has 0 aliphatic carbocycles. The molecule has 2 aliphatic rings. The van der Waals surface area contributed by atoms with Crippen LogP contribution in [0.3, 0.4) is 0 Å². The number of fused-ring (bicyclic) bond motifs is 1. The summed E-state index contributed by atoms with van der Waals surface area (Å²) in [6.45, 7) is 4.84. The molecule has 6 nitrogen and oxygen atoms in total. The number of piperidine rings is 1. The van der Waals surface area contributed by atoms with Crippen LogP contribution < -0.4 is 10.1 Å². The number of hydrogen-bond acceptors (Lipinski definition) is 4. The topological polar surface area (TPSA) is 57.7 Å². The van der Waals surface area contributed by atoms with Crippen molar-refractivity contribution in [2.24, 2.45) is 0 Å². The molecule has 0 spiro atoms. The van der Waals surface area contributed by atoms with Gasteiger partial charge in [0.1, 0.15) is 5.75 Å². The third-order valence-corrected chi connectivity index (χ3v) is 6.97. The van der Waals surface area contributed by atoms with Gasteiger partial charge in [0.2, 0.25) is 0 Å². The van der Waals surface area contributed by atoms with Gasteiger partial charge in [0.15, 0.2) is 0 Å². The lowest BCUT2D eigenvalue weighted by molar-refractivity contribution is 0.194. The highest BCUT2D eigenvalue weighted by Crippen LogP contribution is 2.29. The molecule has 2 aromatic carbocycles. The quantitative estimate of drug-likeness (QED) is 0.584. The number of amides is 2. The van der Waals surface area contributed by atoms with Gasteiger partial charge in [-0.1, -0.05) is 18.2 Å². The first-order valence-electron chi connectivity index (χ1n) is 12.0. The molecule has 0 atom stereocenters. The van der Waals surface area contributed by atoms with Gasteiger partial charge < -0.3 is 15.0 Å². The summed E-state index contributed by atoms with van der Waals surface area (Å²) in [4.78, 5) is 21.9. The molecule has 0 saturated carbocycles. The molecule has 172 valence electrons. The first-order chi connectivity index (χ1) is 16.2. The summed E-state index contributed by atoms with van der Waals surface area (Å²) < 4.78 is 5.25. The second-order valence-electron chi connectivity index (χ2n) is 9.20. The van der Waals surface area contributed by atoms with Crippen LogP contribution in [0.1, 0.15) is 42.7 Å². The maximum atomic E-state index is 12.9. The van der Waals surface area contributed by atoms with Gasteiger partial charge in [-0.3, -0.25) is 9.88 Å². The highest BCUT2D eigenvalue weighted by atomic mass is 16.5. The van der Waals surface area contributed by atoms with Gasteiger partial charge in [0.05, 0.1) is 12.6 Å². The summed E-state index contributed by atoms with van der Waals surface area (Å²) in [5, 5.41) is 4.18. The zero-order valence-electron chi connectivity index (χ0n) is 19.3. The number of hydrogen-bond donors (Lipinski definition) is 1. The first kappa shape index (κ1) is 21.7. The fourth-order valence-corrected chi connectivity index (χ4v) is 5.02. The normalized spacial score (nSPS) is 17.4. The predicted molar refractivity (Wildman–Crippen MR) is 132 cm³/mol. The summed E-state index contributed by atoms with van der Waals surface area (Å²) in [6, 6.07) is 16.5.